The zero-order valence-electron chi connectivity index (χ0n) is 15.7. The number of nitrogens with one attached hydrogen (secondary N) is 3. The summed E-state index contributed by atoms with van der Waals surface area (Å²) in [5.74, 6) is 0.791. The van der Waals surface area contributed by atoms with Crippen LogP contribution in [0.1, 0.15) is 40.3 Å². The van der Waals surface area contributed by atoms with Crippen molar-refractivity contribution in [3.63, 3.8) is 0 Å². The molecule has 2 heterocycles. The van der Waals surface area contributed by atoms with Crippen molar-refractivity contribution < 1.29 is 14.0 Å². The molecule has 0 unspecified atom stereocenters. The first-order chi connectivity index (χ1) is 13.0. The van der Waals surface area contributed by atoms with E-state index in [1.54, 1.807) is 19.9 Å². The Kier molecular flexibility index (Phi) is 6.13. The van der Waals surface area contributed by atoms with Gasteiger partial charge in [-0.15, -0.1) is 0 Å². The number of hydrazine groups is 1. The highest BCUT2D eigenvalue weighted by Gasteiger charge is 2.21. The zero-order chi connectivity index (χ0) is 19.2. The molecule has 1 fully saturated rings. The maximum Gasteiger partial charge on any atom is 0.333 e. The predicted octanol–water partition coefficient (Wildman–Crippen LogP) is 2.51. The normalized spacial score (nSPS) is 15.3. The second-order valence-corrected chi connectivity index (χ2v) is 6.92. The van der Waals surface area contributed by atoms with E-state index < -0.39 is 11.9 Å². The van der Waals surface area contributed by atoms with Crippen LogP contribution in [0.5, 0.6) is 0 Å². The quantitative estimate of drug-likeness (QED) is 0.722. The van der Waals surface area contributed by atoms with Crippen LogP contribution in [0.3, 0.4) is 0 Å². The van der Waals surface area contributed by atoms with Gasteiger partial charge in [-0.2, -0.15) is 0 Å². The molecule has 0 aliphatic carbocycles. The Hall–Kier alpha value is -2.80. The fourth-order valence-electron chi connectivity index (χ4n) is 3.34. The van der Waals surface area contributed by atoms with Crippen molar-refractivity contribution in [2.45, 2.75) is 39.3 Å². The van der Waals surface area contributed by atoms with Gasteiger partial charge in [-0.3, -0.25) is 15.1 Å². The molecule has 1 aliphatic rings. The summed E-state index contributed by atoms with van der Waals surface area (Å²) in [7, 11) is 0. The molecular weight excluding hydrogens is 344 g/mol. The molecule has 0 atom stereocenters. The number of hydrogen-bond acceptors (Lipinski definition) is 4. The van der Waals surface area contributed by atoms with E-state index in [1.165, 1.54) is 5.56 Å². The lowest BCUT2D eigenvalue weighted by Crippen LogP contribution is -2.52. The number of nitrogens with zero attached hydrogens (tertiary/aromatic N) is 1. The molecule has 1 aromatic carbocycles. The van der Waals surface area contributed by atoms with E-state index in [9.17, 15) is 9.59 Å². The molecule has 1 aromatic heterocycles. The second-order valence-electron chi connectivity index (χ2n) is 6.92. The van der Waals surface area contributed by atoms with E-state index in [1.807, 2.05) is 6.07 Å². The molecule has 7 heteroatoms. The van der Waals surface area contributed by atoms with Gasteiger partial charge in [-0.05, 0) is 38.3 Å². The van der Waals surface area contributed by atoms with E-state index in [0.29, 0.717) is 17.1 Å². The Bertz CT molecular complexity index is 780. The third kappa shape index (κ3) is 5.34. The summed E-state index contributed by atoms with van der Waals surface area (Å²) in [6, 6.07) is 11.7. The molecule has 3 amide bonds. The standard InChI is InChI=1S/C20H26N4O3/c1-14-12-18(15(2)27-14)19(25)22-23-20(26)21-17-8-10-24(11-9-17)13-16-6-4-3-5-7-16/h3-7,12,17H,8-11,13H2,1-2H3,(H,22,25)(H2,21,23,26). The van der Waals surface area contributed by atoms with Crippen LogP contribution in [0.15, 0.2) is 40.8 Å². The summed E-state index contributed by atoms with van der Waals surface area (Å²) in [6.07, 6.45) is 1.77. The highest BCUT2D eigenvalue weighted by Crippen LogP contribution is 2.14. The zero-order valence-corrected chi connectivity index (χ0v) is 15.7. The van der Waals surface area contributed by atoms with Crippen molar-refractivity contribution in [1.29, 1.82) is 0 Å². The smallest absolute Gasteiger partial charge is 0.333 e. The second kappa shape index (κ2) is 8.73. The predicted molar refractivity (Wildman–Crippen MR) is 102 cm³/mol. The Labute approximate surface area is 159 Å². The molecule has 7 nitrogen and oxygen atoms in total. The van der Waals surface area contributed by atoms with Gasteiger partial charge < -0.3 is 9.73 Å². The molecule has 0 radical (unpaired) electrons. The van der Waals surface area contributed by atoms with Crippen molar-refractivity contribution >= 4 is 11.9 Å². The maximum absolute atomic E-state index is 12.1. The summed E-state index contributed by atoms with van der Waals surface area (Å²) < 4.78 is 5.32. The van der Waals surface area contributed by atoms with Gasteiger partial charge in [-0.1, -0.05) is 30.3 Å². The molecule has 27 heavy (non-hydrogen) atoms. The van der Waals surface area contributed by atoms with Crippen molar-refractivity contribution in [2.75, 3.05) is 13.1 Å². The largest absolute Gasteiger partial charge is 0.466 e. The number of carbonyl (C=O) groups excluding carboxylic acids is 2. The van der Waals surface area contributed by atoms with Crippen molar-refractivity contribution in [3.05, 3.63) is 59.0 Å². The molecule has 3 N–H and O–H groups in total. The van der Waals surface area contributed by atoms with Crippen molar-refractivity contribution in [1.82, 2.24) is 21.1 Å². The van der Waals surface area contributed by atoms with Crippen LogP contribution < -0.4 is 16.2 Å². The van der Waals surface area contributed by atoms with E-state index in [-0.39, 0.29) is 6.04 Å². The molecule has 1 aliphatic heterocycles. The maximum atomic E-state index is 12.1. The van der Waals surface area contributed by atoms with Gasteiger partial charge in [-0.25, -0.2) is 10.2 Å². The molecule has 2 aromatic rings. The van der Waals surface area contributed by atoms with Gasteiger partial charge in [0.1, 0.15) is 11.5 Å². The molecular formula is C20H26N4O3. The average molecular weight is 370 g/mol. The van der Waals surface area contributed by atoms with E-state index in [2.05, 4.69) is 45.3 Å². The average Bonchev–Trinajstić information content (AvgIpc) is 3.00. The first-order valence-corrected chi connectivity index (χ1v) is 9.21. The number of furan rings is 1. The Balaban J connectivity index is 1.38. The van der Waals surface area contributed by atoms with Crippen molar-refractivity contribution in [3.8, 4) is 0 Å². The van der Waals surface area contributed by atoms with Gasteiger partial charge in [0.05, 0.1) is 5.56 Å². The lowest BCUT2D eigenvalue weighted by Gasteiger charge is -2.32. The third-order valence-corrected chi connectivity index (χ3v) is 4.75. The van der Waals surface area contributed by atoms with Crippen LogP contribution >= 0.6 is 0 Å². The summed E-state index contributed by atoms with van der Waals surface area (Å²) in [5, 5.41) is 2.92. The number of likely N-dealkylation sites (tertiary alicyclic amines) is 1. The summed E-state index contributed by atoms with van der Waals surface area (Å²) in [4.78, 5) is 26.5. The lowest BCUT2D eigenvalue weighted by atomic mass is 10.0. The summed E-state index contributed by atoms with van der Waals surface area (Å²) in [5.41, 5.74) is 6.54. The number of amides is 3. The Morgan fingerprint density at radius 1 is 1.11 bits per heavy atom. The number of benzene rings is 1. The monoisotopic (exact) mass is 370 g/mol. The minimum Gasteiger partial charge on any atom is -0.466 e. The van der Waals surface area contributed by atoms with Gasteiger partial charge in [0, 0.05) is 25.7 Å². The van der Waals surface area contributed by atoms with E-state index >= 15 is 0 Å². The number of carbonyl (C=O) groups is 2. The highest BCUT2D eigenvalue weighted by molar-refractivity contribution is 5.96. The number of urea groups is 1. The first kappa shape index (κ1) is 19.0. The summed E-state index contributed by atoms with van der Waals surface area (Å²) >= 11 is 0. The SMILES string of the molecule is Cc1cc(C(=O)NNC(=O)NC2CCN(Cc3ccccc3)CC2)c(C)o1. The molecule has 1 saturated heterocycles. The van der Waals surface area contributed by atoms with E-state index in [0.717, 1.165) is 32.5 Å². The number of hydrogen-bond donors (Lipinski definition) is 3. The van der Waals surface area contributed by atoms with Crippen LogP contribution in [0.25, 0.3) is 0 Å². The molecule has 0 saturated carbocycles. The molecule has 0 spiro atoms. The number of aryl methyl sites for hydroxylation is 2. The molecule has 0 bridgehead atoms. The minimum atomic E-state index is -0.400. The van der Waals surface area contributed by atoms with Crippen LogP contribution in [-0.2, 0) is 6.54 Å². The van der Waals surface area contributed by atoms with E-state index in [4.69, 9.17) is 4.42 Å². The van der Waals surface area contributed by atoms with Crippen molar-refractivity contribution in [2.24, 2.45) is 0 Å². The molecule has 3 rings (SSSR count). The topological polar surface area (TPSA) is 86.6 Å². The van der Waals surface area contributed by atoms with Crippen LogP contribution in [0, 0.1) is 13.8 Å². The molecule has 144 valence electrons. The highest BCUT2D eigenvalue weighted by atomic mass is 16.3. The lowest BCUT2D eigenvalue weighted by molar-refractivity contribution is 0.0933. The number of rotatable bonds is 4. The third-order valence-electron chi connectivity index (χ3n) is 4.75. The van der Waals surface area contributed by atoms with Gasteiger partial charge in [0.25, 0.3) is 5.91 Å². The summed E-state index contributed by atoms with van der Waals surface area (Å²) in [6.45, 7) is 6.28. The van der Waals surface area contributed by atoms with Crippen LogP contribution in [0.2, 0.25) is 0 Å². The van der Waals surface area contributed by atoms with Crippen LogP contribution in [-0.4, -0.2) is 36.0 Å². The Morgan fingerprint density at radius 2 is 1.81 bits per heavy atom. The van der Waals surface area contributed by atoms with Gasteiger partial charge >= 0.3 is 6.03 Å². The van der Waals surface area contributed by atoms with Gasteiger partial charge in [0.15, 0.2) is 0 Å². The first-order valence-electron chi connectivity index (χ1n) is 9.21. The fourth-order valence-corrected chi connectivity index (χ4v) is 3.34. The minimum absolute atomic E-state index is 0.104. The Morgan fingerprint density at radius 3 is 2.44 bits per heavy atom. The van der Waals surface area contributed by atoms with Gasteiger partial charge in [0.2, 0.25) is 0 Å². The fraction of sp³-hybridized carbons (Fsp3) is 0.400. The number of piperidine rings is 1. The van der Waals surface area contributed by atoms with Crippen LogP contribution in [0.4, 0.5) is 4.79 Å².